The molecule has 0 bridgehead atoms. The number of anilines is 2. The van der Waals surface area contributed by atoms with Gasteiger partial charge in [-0.3, -0.25) is 9.69 Å². The van der Waals surface area contributed by atoms with Crippen LogP contribution in [-0.4, -0.2) is 85.1 Å². The second-order valence-electron chi connectivity index (χ2n) is 9.83. The van der Waals surface area contributed by atoms with Gasteiger partial charge in [-0.1, -0.05) is 17.7 Å². The summed E-state index contributed by atoms with van der Waals surface area (Å²) in [6.45, 7) is 8.49. The van der Waals surface area contributed by atoms with E-state index < -0.39 is 18.1 Å². The van der Waals surface area contributed by atoms with E-state index in [9.17, 15) is 27.9 Å². The number of ether oxygens (including phenoxy) is 1. The van der Waals surface area contributed by atoms with Gasteiger partial charge in [0.2, 0.25) is 0 Å². The number of morpholine rings is 1. The summed E-state index contributed by atoms with van der Waals surface area (Å²) in [5.41, 5.74) is 3.06. The standard InChI is InChI=1S/C26H33N3O4.C2HF3O2/c1-19-2-4-21(5-3-19)25(30)27-22-6-7-24(23(18-22)26(31)32)29-12-9-20(10-13-29)8-11-28-14-16-33-17-15-28;3-2(4,5)1(6)7/h2-7,18,20H,8-17H2,1H3,(H,27,30)(H,31,32);(H,6,7). The molecule has 218 valence electrons. The van der Waals surface area contributed by atoms with Gasteiger partial charge in [0.25, 0.3) is 5.91 Å². The summed E-state index contributed by atoms with van der Waals surface area (Å²) in [6, 6.07) is 12.5. The zero-order valence-electron chi connectivity index (χ0n) is 22.2. The van der Waals surface area contributed by atoms with E-state index in [4.69, 9.17) is 14.6 Å². The summed E-state index contributed by atoms with van der Waals surface area (Å²) < 4.78 is 37.2. The Kier molecular flexibility index (Phi) is 10.9. The quantitative estimate of drug-likeness (QED) is 0.449. The number of aromatic carboxylic acids is 1. The Morgan fingerprint density at radius 1 is 0.975 bits per heavy atom. The van der Waals surface area contributed by atoms with Crippen molar-refractivity contribution >= 4 is 29.2 Å². The van der Waals surface area contributed by atoms with Crippen molar-refractivity contribution in [2.24, 2.45) is 5.92 Å². The molecule has 2 saturated heterocycles. The molecule has 0 unspecified atom stereocenters. The number of nitrogens with zero attached hydrogens (tertiary/aromatic N) is 2. The highest BCUT2D eigenvalue weighted by atomic mass is 19.4. The molecule has 0 atom stereocenters. The van der Waals surface area contributed by atoms with Crippen LogP contribution in [0.3, 0.4) is 0 Å². The van der Waals surface area contributed by atoms with E-state index in [1.54, 1.807) is 24.3 Å². The maximum atomic E-state index is 12.5. The van der Waals surface area contributed by atoms with E-state index in [1.165, 1.54) is 6.42 Å². The van der Waals surface area contributed by atoms with Crippen LogP contribution in [0.1, 0.15) is 45.5 Å². The number of nitrogens with one attached hydrogen (secondary N) is 1. The lowest BCUT2D eigenvalue weighted by molar-refractivity contribution is -0.192. The zero-order chi connectivity index (χ0) is 29.3. The lowest BCUT2D eigenvalue weighted by Gasteiger charge is -2.35. The molecule has 40 heavy (non-hydrogen) atoms. The fraction of sp³-hybridized carbons (Fsp3) is 0.464. The van der Waals surface area contributed by atoms with Crippen LogP contribution in [0.4, 0.5) is 24.5 Å². The molecule has 0 spiro atoms. The van der Waals surface area contributed by atoms with Gasteiger partial charge in [-0.25, -0.2) is 9.59 Å². The van der Waals surface area contributed by atoms with Crippen molar-refractivity contribution in [3.8, 4) is 0 Å². The predicted octanol–water partition coefficient (Wildman–Crippen LogP) is 4.52. The molecule has 12 heteroatoms. The Hall–Kier alpha value is -3.64. The second kappa shape index (κ2) is 14.1. The average Bonchev–Trinajstić information content (AvgIpc) is 2.93. The number of aryl methyl sites for hydroxylation is 1. The van der Waals surface area contributed by atoms with Gasteiger partial charge in [-0.05, 0) is 69.0 Å². The van der Waals surface area contributed by atoms with Gasteiger partial charge in [0, 0.05) is 37.4 Å². The summed E-state index contributed by atoms with van der Waals surface area (Å²) in [6.07, 6.45) is -1.77. The molecule has 0 aliphatic carbocycles. The highest BCUT2D eigenvalue weighted by Crippen LogP contribution is 2.30. The Labute approximate surface area is 230 Å². The monoisotopic (exact) mass is 565 g/mol. The lowest BCUT2D eigenvalue weighted by atomic mass is 9.92. The Morgan fingerprint density at radius 3 is 2.12 bits per heavy atom. The van der Waals surface area contributed by atoms with Gasteiger partial charge in [-0.15, -0.1) is 0 Å². The number of benzene rings is 2. The number of carboxylic acid groups (broad SMARTS) is 2. The first kappa shape index (κ1) is 30.9. The summed E-state index contributed by atoms with van der Waals surface area (Å²) in [5.74, 6) is -3.32. The molecule has 2 aromatic rings. The number of halogens is 3. The van der Waals surface area contributed by atoms with Crippen LogP contribution in [-0.2, 0) is 9.53 Å². The maximum absolute atomic E-state index is 12.5. The number of amides is 1. The van der Waals surface area contributed by atoms with Crippen molar-refractivity contribution in [1.82, 2.24) is 4.90 Å². The Balaban J connectivity index is 0.000000559. The van der Waals surface area contributed by atoms with E-state index >= 15 is 0 Å². The largest absolute Gasteiger partial charge is 0.490 e. The van der Waals surface area contributed by atoms with E-state index in [1.807, 2.05) is 25.1 Å². The van der Waals surface area contributed by atoms with Gasteiger partial charge in [0.1, 0.15) is 0 Å². The molecular formula is C28H34F3N3O6. The smallest absolute Gasteiger partial charge is 0.478 e. The number of piperidine rings is 1. The van der Waals surface area contributed by atoms with E-state index in [0.29, 0.717) is 17.2 Å². The Bertz CT molecular complexity index is 1160. The van der Waals surface area contributed by atoms with Crippen LogP contribution in [0.5, 0.6) is 0 Å². The number of rotatable bonds is 7. The molecule has 9 nitrogen and oxygen atoms in total. The third-order valence-electron chi connectivity index (χ3n) is 6.95. The van der Waals surface area contributed by atoms with Crippen LogP contribution in [0, 0.1) is 12.8 Å². The zero-order valence-corrected chi connectivity index (χ0v) is 22.2. The van der Waals surface area contributed by atoms with Crippen LogP contribution in [0.15, 0.2) is 42.5 Å². The molecule has 1 amide bonds. The first-order valence-electron chi connectivity index (χ1n) is 13.0. The van der Waals surface area contributed by atoms with Crippen molar-refractivity contribution in [1.29, 1.82) is 0 Å². The molecule has 3 N–H and O–H groups in total. The summed E-state index contributed by atoms with van der Waals surface area (Å²) in [5, 5.41) is 19.8. The van der Waals surface area contributed by atoms with Gasteiger partial charge in [0.15, 0.2) is 0 Å². The maximum Gasteiger partial charge on any atom is 0.490 e. The van der Waals surface area contributed by atoms with Crippen molar-refractivity contribution < 1.29 is 42.5 Å². The molecule has 4 rings (SSSR count). The topological polar surface area (TPSA) is 119 Å². The third-order valence-corrected chi connectivity index (χ3v) is 6.95. The second-order valence-corrected chi connectivity index (χ2v) is 9.83. The minimum atomic E-state index is -5.08. The van der Waals surface area contributed by atoms with Gasteiger partial charge in [-0.2, -0.15) is 13.2 Å². The van der Waals surface area contributed by atoms with E-state index in [-0.39, 0.29) is 11.5 Å². The normalized spacial score (nSPS) is 16.6. The molecular weight excluding hydrogens is 531 g/mol. The third kappa shape index (κ3) is 9.23. The summed E-state index contributed by atoms with van der Waals surface area (Å²) in [4.78, 5) is 38.1. The Morgan fingerprint density at radius 2 is 1.57 bits per heavy atom. The van der Waals surface area contributed by atoms with Crippen LogP contribution < -0.4 is 10.2 Å². The highest BCUT2D eigenvalue weighted by molar-refractivity contribution is 6.05. The van der Waals surface area contributed by atoms with E-state index in [2.05, 4.69) is 15.1 Å². The number of carboxylic acids is 2. The lowest BCUT2D eigenvalue weighted by Crippen LogP contribution is -2.39. The van der Waals surface area contributed by atoms with Crippen molar-refractivity contribution in [3.05, 3.63) is 59.2 Å². The van der Waals surface area contributed by atoms with Gasteiger partial charge >= 0.3 is 18.1 Å². The molecule has 0 radical (unpaired) electrons. The number of aliphatic carboxylic acids is 1. The molecule has 2 aromatic carbocycles. The number of carbonyl (C=O) groups excluding carboxylic acids is 1. The van der Waals surface area contributed by atoms with E-state index in [0.717, 1.165) is 70.0 Å². The highest BCUT2D eigenvalue weighted by Gasteiger charge is 2.38. The minimum absolute atomic E-state index is 0.225. The fourth-order valence-corrected chi connectivity index (χ4v) is 4.62. The average molecular weight is 566 g/mol. The summed E-state index contributed by atoms with van der Waals surface area (Å²) in [7, 11) is 0. The van der Waals surface area contributed by atoms with Crippen LogP contribution in [0.25, 0.3) is 0 Å². The van der Waals surface area contributed by atoms with Gasteiger partial charge in [0.05, 0.1) is 24.5 Å². The predicted molar refractivity (Wildman–Crippen MR) is 143 cm³/mol. The number of alkyl halides is 3. The molecule has 2 aliphatic rings. The number of hydrogen-bond donors (Lipinski definition) is 3. The molecule has 2 fully saturated rings. The molecule has 0 saturated carbocycles. The molecule has 2 heterocycles. The molecule has 0 aromatic heterocycles. The van der Waals surface area contributed by atoms with Crippen molar-refractivity contribution in [2.45, 2.75) is 32.4 Å². The first-order valence-corrected chi connectivity index (χ1v) is 13.0. The fourth-order valence-electron chi connectivity index (χ4n) is 4.62. The number of carbonyl (C=O) groups is 3. The van der Waals surface area contributed by atoms with Gasteiger partial charge < -0.3 is 25.2 Å². The van der Waals surface area contributed by atoms with Crippen LogP contribution in [0.2, 0.25) is 0 Å². The summed E-state index contributed by atoms with van der Waals surface area (Å²) >= 11 is 0. The SMILES string of the molecule is Cc1ccc(C(=O)Nc2ccc(N3CCC(CCN4CCOCC4)CC3)c(C(=O)O)c2)cc1.O=C(O)C(F)(F)F. The van der Waals surface area contributed by atoms with Crippen molar-refractivity contribution in [3.63, 3.8) is 0 Å². The first-order chi connectivity index (χ1) is 18.9. The number of hydrogen-bond acceptors (Lipinski definition) is 6. The molecule has 2 aliphatic heterocycles. The minimum Gasteiger partial charge on any atom is -0.478 e. The van der Waals surface area contributed by atoms with Crippen LogP contribution >= 0.6 is 0 Å². The van der Waals surface area contributed by atoms with Crippen molar-refractivity contribution in [2.75, 3.05) is 56.2 Å².